The maximum atomic E-state index is 9.28. The van der Waals surface area contributed by atoms with E-state index in [2.05, 4.69) is 15.0 Å². The van der Waals surface area contributed by atoms with E-state index in [9.17, 15) is 10.0 Å². The maximum absolute atomic E-state index is 9.28. The van der Waals surface area contributed by atoms with Crippen LogP contribution in [-0.2, 0) is 0 Å². The van der Waals surface area contributed by atoms with Crippen LogP contribution in [0, 0.1) is 0 Å². The molecule has 3 heterocycles. The third kappa shape index (κ3) is 2.81. The van der Waals surface area contributed by atoms with Crippen LogP contribution in [0.1, 0.15) is 0 Å². The summed E-state index contributed by atoms with van der Waals surface area (Å²) in [5.41, 5.74) is 3.23. The van der Waals surface area contributed by atoms with Crippen LogP contribution in [0.2, 0.25) is 0 Å². The Labute approximate surface area is 122 Å². The second-order valence-corrected chi connectivity index (χ2v) is 4.46. The number of aromatic nitrogens is 3. The smallest absolute Gasteiger partial charge is 0.423 e. The Balaban J connectivity index is 2.14. The number of hydrogen-bond acceptors (Lipinski definition) is 5. The predicted octanol–water partition coefficient (Wildman–Crippen LogP) is 0.885. The van der Waals surface area contributed by atoms with Crippen LogP contribution >= 0.6 is 0 Å². The molecule has 0 bridgehead atoms. The number of hydrogen-bond donors (Lipinski definition) is 2. The van der Waals surface area contributed by atoms with E-state index in [4.69, 9.17) is 0 Å². The summed E-state index contributed by atoms with van der Waals surface area (Å²) >= 11 is 0. The lowest BCUT2D eigenvalue weighted by atomic mass is 9.80. The second kappa shape index (κ2) is 5.82. The molecule has 6 heteroatoms. The molecule has 3 rings (SSSR count). The van der Waals surface area contributed by atoms with Crippen LogP contribution in [0.5, 0.6) is 0 Å². The third-order valence-corrected chi connectivity index (χ3v) is 3.07. The van der Waals surface area contributed by atoms with Crippen LogP contribution in [0.25, 0.3) is 22.6 Å². The number of pyridine rings is 3. The summed E-state index contributed by atoms with van der Waals surface area (Å²) in [6, 6.07) is 12.6. The first-order valence-corrected chi connectivity index (χ1v) is 6.44. The van der Waals surface area contributed by atoms with E-state index < -0.39 is 7.12 Å². The van der Waals surface area contributed by atoms with Gasteiger partial charge in [0.05, 0.1) is 17.1 Å². The van der Waals surface area contributed by atoms with Crippen molar-refractivity contribution in [3.8, 4) is 22.6 Å². The van der Waals surface area contributed by atoms with Gasteiger partial charge in [0, 0.05) is 24.2 Å². The van der Waals surface area contributed by atoms with Crippen LogP contribution in [-0.4, -0.2) is 32.1 Å². The Bertz CT molecular complexity index is 751. The van der Waals surface area contributed by atoms with Gasteiger partial charge in [-0.3, -0.25) is 15.0 Å². The largest absolute Gasteiger partial charge is 0.488 e. The van der Waals surface area contributed by atoms with Gasteiger partial charge in [0.15, 0.2) is 0 Å². The SMILES string of the molecule is OB(O)c1ccnc(-c2ncccc2-c2ccccn2)c1. The first-order chi connectivity index (χ1) is 10.3. The Kier molecular flexibility index (Phi) is 3.72. The minimum absolute atomic E-state index is 0.373. The summed E-state index contributed by atoms with van der Waals surface area (Å²) < 4.78 is 0. The van der Waals surface area contributed by atoms with Gasteiger partial charge in [-0.05, 0) is 41.9 Å². The highest BCUT2D eigenvalue weighted by Crippen LogP contribution is 2.26. The molecular formula is C15H12BN3O2. The summed E-state index contributed by atoms with van der Waals surface area (Å²) in [5, 5.41) is 18.6. The lowest BCUT2D eigenvalue weighted by Crippen LogP contribution is -2.29. The number of rotatable bonds is 3. The van der Waals surface area contributed by atoms with Gasteiger partial charge in [0.25, 0.3) is 0 Å². The molecule has 102 valence electrons. The molecule has 0 saturated carbocycles. The second-order valence-electron chi connectivity index (χ2n) is 4.46. The van der Waals surface area contributed by atoms with E-state index in [0.29, 0.717) is 16.9 Å². The van der Waals surface area contributed by atoms with Crippen molar-refractivity contribution in [3.63, 3.8) is 0 Å². The zero-order chi connectivity index (χ0) is 14.7. The van der Waals surface area contributed by atoms with Gasteiger partial charge in [-0.1, -0.05) is 6.07 Å². The number of nitrogens with zero attached hydrogens (tertiary/aromatic N) is 3. The molecule has 0 atom stereocenters. The zero-order valence-electron chi connectivity index (χ0n) is 11.1. The van der Waals surface area contributed by atoms with Gasteiger partial charge >= 0.3 is 7.12 Å². The van der Waals surface area contributed by atoms with Crippen LogP contribution in [0.4, 0.5) is 0 Å². The van der Waals surface area contributed by atoms with Crippen molar-refractivity contribution in [2.75, 3.05) is 0 Å². The van der Waals surface area contributed by atoms with Gasteiger partial charge in [-0.2, -0.15) is 0 Å². The summed E-state index contributed by atoms with van der Waals surface area (Å²) in [5.74, 6) is 0. The van der Waals surface area contributed by atoms with Crippen molar-refractivity contribution in [1.29, 1.82) is 0 Å². The fourth-order valence-electron chi connectivity index (χ4n) is 2.08. The quantitative estimate of drug-likeness (QED) is 0.695. The normalized spacial score (nSPS) is 10.4. The van der Waals surface area contributed by atoms with Crippen LogP contribution < -0.4 is 5.46 Å². The molecule has 0 aliphatic rings. The maximum Gasteiger partial charge on any atom is 0.488 e. The minimum atomic E-state index is -1.53. The molecule has 0 aliphatic carbocycles. The molecule has 2 N–H and O–H groups in total. The fourth-order valence-corrected chi connectivity index (χ4v) is 2.08. The van der Waals surface area contributed by atoms with Gasteiger partial charge in [0.2, 0.25) is 0 Å². The van der Waals surface area contributed by atoms with E-state index in [0.717, 1.165) is 11.3 Å². The average Bonchev–Trinajstić information content (AvgIpc) is 2.56. The molecular weight excluding hydrogens is 265 g/mol. The molecule has 0 fully saturated rings. The van der Waals surface area contributed by atoms with Gasteiger partial charge in [0.1, 0.15) is 0 Å². The molecule has 0 saturated heterocycles. The Morgan fingerprint density at radius 2 is 1.57 bits per heavy atom. The lowest BCUT2D eigenvalue weighted by molar-refractivity contribution is 0.425. The van der Waals surface area contributed by atoms with E-state index in [1.165, 1.54) is 6.20 Å². The zero-order valence-corrected chi connectivity index (χ0v) is 11.1. The standard InChI is InChI=1S/C15H12BN3O2/c20-16(21)11-6-9-18-14(10-11)15-12(4-3-8-19-15)13-5-1-2-7-17-13/h1-10,20-21H. The molecule has 0 spiro atoms. The molecule has 0 unspecified atom stereocenters. The van der Waals surface area contributed by atoms with Crippen molar-refractivity contribution in [1.82, 2.24) is 15.0 Å². The minimum Gasteiger partial charge on any atom is -0.423 e. The molecule has 0 aromatic carbocycles. The van der Waals surface area contributed by atoms with Gasteiger partial charge in [-0.25, -0.2) is 0 Å². The Hall–Kier alpha value is -2.57. The fraction of sp³-hybridized carbons (Fsp3) is 0. The molecule has 21 heavy (non-hydrogen) atoms. The Morgan fingerprint density at radius 3 is 2.33 bits per heavy atom. The summed E-state index contributed by atoms with van der Waals surface area (Å²) in [6.07, 6.45) is 4.92. The average molecular weight is 277 g/mol. The van der Waals surface area contributed by atoms with E-state index in [1.807, 2.05) is 30.3 Å². The highest BCUT2D eigenvalue weighted by Gasteiger charge is 2.15. The monoisotopic (exact) mass is 277 g/mol. The van der Waals surface area contributed by atoms with Crippen LogP contribution in [0.3, 0.4) is 0 Å². The van der Waals surface area contributed by atoms with Crippen molar-refractivity contribution < 1.29 is 10.0 Å². The van der Waals surface area contributed by atoms with Crippen molar-refractivity contribution in [2.24, 2.45) is 0 Å². The summed E-state index contributed by atoms with van der Waals surface area (Å²) in [7, 11) is -1.53. The first-order valence-electron chi connectivity index (χ1n) is 6.44. The van der Waals surface area contributed by atoms with E-state index in [-0.39, 0.29) is 0 Å². The van der Waals surface area contributed by atoms with Crippen LogP contribution in [0.15, 0.2) is 61.1 Å². The highest BCUT2D eigenvalue weighted by molar-refractivity contribution is 6.58. The van der Waals surface area contributed by atoms with Crippen molar-refractivity contribution in [3.05, 3.63) is 61.1 Å². The summed E-state index contributed by atoms with van der Waals surface area (Å²) in [6.45, 7) is 0. The third-order valence-electron chi connectivity index (χ3n) is 3.07. The summed E-state index contributed by atoms with van der Waals surface area (Å²) in [4.78, 5) is 13.0. The lowest BCUT2D eigenvalue weighted by Gasteiger charge is -2.08. The predicted molar refractivity (Wildman–Crippen MR) is 80.5 cm³/mol. The molecule has 0 aliphatic heterocycles. The molecule has 5 nitrogen and oxygen atoms in total. The topological polar surface area (TPSA) is 79.1 Å². The van der Waals surface area contributed by atoms with Gasteiger partial charge in [-0.15, -0.1) is 0 Å². The molecule has 0 amide bonds. The molecule has 0 radical (unpaired) electrons. The van der Waals surface area contributed by atoms with Gasteiger partial charge < -0.3 is 10.0 Å². The van der Waals surface area contributed by atoms with E-state index >= 15 is 0 Å². The Morgan fingerprint density at radius 1 is 0.762 bits per heavy atom. The van der Waals surface area contributed by atoms with Crippen molar-refractivity contribution in [2.45, 2.75) is 0 Å². The molecule has 3 aromatic heterocycles. The highest BCUT2D eigenvalue weighted by atomic mass is 16.4. The molecule has 3 aromatic rings. The van der Waals surface area contributed by atoms with Crippen molar-refractivity contribution >= 4 is 12.6 Å². The van der Waals surface area contributed by atoms with E-state index in [1.54, 1.807) is 24.5 Å². The first kappa shape index (κ1) is 13.4.